The highest BCUT2D eigenvalue weighted by atomic mass is 16.8. The molecule has 0 aromatic rings. The van der Waals surface area contributed by atoms with E-state index in [1.54, 1.807) is 0 Å². The summed E-state index contributed by atoms with van der Waals surface area (Å²) in [4.78, 5) is 13.2. The van der Waals surface area contributed by atoms with Crippen LogP contribution in [0.5, 0.6) is 0 Å². The van der Waals surface area contributed by atoms with Crippen molar-refractivity contribution in [3.05, 3.63) is 97.2 Å². The normalized spacial score (nSPS) is 31.0. The number of aliphatic hydroxyl groups is 11. The second kappa shape index (κ2) is 42.5. The van der Waals surface area contributed by atoms with Gasteiger partial charge in [-0.1, -0.05) is 156 Å². The van der Waals surface area contributed by atoms with Gasteiger partial charge in [-0.2, -0.15) is 0 Å². The van der Waals surface area contributed by atoms with Crippen LogP contribution in [0.4, 0.5) is 0 Å². The summed E-state index contributed by atoms with van der Waals surface area (Å²) in [5.41, 5.74) is 0. The number of carbonyl (C=O) groups is 1. The zero-order valence-electron chi connectivity index (χ0n) is 46.8. The Labute approximate surface area is 469 Å². The molecule has 3 aliphatic heterocycles. The van der Waals surface area contributed by atoms with Gasteiger partial charge in [-0.15, -0.1) is 0 Å². The summed E-state index contributed by atoms with van der Waals surface area (Å²) >= 11 is 0. The average Bonchev–Trinajstić information content (AvgIpc) is 3.47. The molecule has 452 valence electrons. The van der Waals surface area contributed by atoms with Crippen molar-refractivity contribution < 1.29 is 89.4 Å². The van der Waals surface area contributed by atoms with Gasteiger partial charge in [0.05, 0.1) is 38.6 Å². The van der Waals surface area contributed by atoms with E-state index in [9.17, 15) is 61.0 Å². The van der Waals surface area contributed by atoms with E-state index in [1.165, 1.54) is 6.42 Å². The van der Waals surface area contributed by atoms with Gasteiger partial charge in [0.15, 0.2) is 18.9 Å². The molecule has 3 rings (SSSR count). The maximum absolute atomic E-state index is 13.2. The van der Waals surface area contributed by atoms with Gasteiger partial charge in [0.1, 0.15) is 73.2 Å². The van der Waals surface area contributed by atoms with Crippen LogP contribution in [0.1, 0.15) is 142 Å². The van der Waals surface area contributed by atoms with Crippen LogP contribution < -0.4 is 5.32 Å². The number of unbranched alkanes of at least 4 members (excludes halogenated alkanes) is 8. The van der Waals surface area contributed by atoms with Crippen LogP contribution in [0.2, 0.25) is 0 Å². The van der Waals surface area contributed by atoms with Gasteiger partial charge in [0, 0.05) is 6.42 Å². The summed E-state index contributed by atoms with van der Waals surface area (Å²) in [6.07, 6.45) is 25.4. The lowest BCUT2D eigenvalue weighted by Crippen LogP contribution is -2.66. The standard InChI is InChI=1S/C60H99NO18/c1-3-5-7-9-11-12-13-14-15-16-17-18-19-20-21-22-23-24-25-26-27-28-29-30-32-34-36-38-48(66)61-43(44(65)37-35-33-31-10-8-6-4-2)42-74-58-54(72)51(69)56(46(40-63)76-58)79-60-55(73)52(70)57(47(41-64)77-60)78-59-53(71)50(68)49(67)45(39-62)75-59/h5,7,11-12,14-15,17-18,20-21,23-24,26-27,29-30,43-47,49-60,62-65,67-73H,3-4,6,8-10,13,16,19,22,25,28,31-42H2,1-2H3,(H,61,66)/b7-5-,12-11-,15-14-,18-17-,21-20-,24-23-,27-26-,30-29-. The average molecular weight is 1120 g/mol. The van der Waals surface area contributed by atoms with Crippen molar-refractivity contribution in [3.8, 4) is 0 Å². The van der Waals surface area contributed by atoms with E-state index < -0.39 is 124 Å². The number of allylic oxidation sites excluding steroid dienone is 16. The van der Waals surface area contributed by atoms with E-state index in [2.05, 4.69) is 116 Å². The summed E-state index contributed by atoms with van der Waals surface area (Å²) in [6.45, 7) is 1.54. The molecule has 0 spiro atoms. The largest absolute Gasteiger partial charge is 0.394 e. The number of amides is 1. The lowest BCUT2D eigenvalue weighted by Gasteiger charge is -2.48. The van der Waals surface area contributed by atoms with Crippen molar-refractivity contribution in [1.29, 1.82) is 0 Å². The molecule has 17 unspecified atom stereocenters. The Balaban J connectivity index is 1.44. The fourth-order valence-corrected chi connectivity index (χ4v) is 9.15. The number of rotatable bonds is 40. The SMILES string of the molecule is CC/C=C\C/C=C\C/C=C\C/C=C\C/C=C\C/C=C\C/C=C\C/C=C\CCCCC(=O)NC(COC1OC(CO)C(OC2OC(CO)C(OC3OC(CO)C(O)C(O)C3O)C(O)C2O)C(O)C1O)C(O)CCCCCCCCC. The lowest BCUT2D eigenvalue weighted by molar-refractivity contribution is -0.379. The summed E-state index contributed by atoms with van der Waals surface area (Å²) in [6, 6.07) is -0.914. The molecule has 0 aromatic carbocycles. The molecular formula is C60H99NO18. The van der Waals surface area contributed by atoms with Crippen LogP contribution in [0.15, 0.2) is 97.2 Å². The Morgan fingerprint density at radius 1 is 0.468 bits per heavy atom. The minimum Gasteiger partial charge on any atom is -0.394 e. The fraction of sp³-hybridized carbons (Fsp3) is 0.717. The van der Waals surface area contributed by atoms with Gasteiger partial charge >= 0.3 is 0 Å². The third kappa shape index (κ3) is 26.7. The van der Waals surface area contributed by atoms with E-state index in [-0.39, 0.29) is 18.9 Å². The van der Waals surface area contributed by atoms with Crippen LogP contribution >= 0.6 is 0 Å². The Bertz CT molecular complexity index is 1820. The summed E-state index contributed by atoms with van der Waals surface area (Å²) in [5, 5.41) is 120. The number of hydrogen-bond donors (Lipinski definition) is 12. The number of nitrogens with one attached hydrogen (secondary N) is 1. The smallest absolute Gasteiger partial charge is 0.220 e. The van der Waals surface area contributed by atoms with Crippen LogP contribution in [0, 0.1) is 0 Å². The van der Waals surface area contributed by atoms with Crippen molar-refractivity contribution in [2.24, 2.45) is 0 Å². The minimum absolute atomic E-state index is 0.203. The zero-order chi connectivity index (χ0) is 57.6. The van der Waals surface area contributed by atoms with Crippen LogP contribution in [-0.4, -0.2) is 193 Å². The van der Waals surface area contributed by atoms with Gasteiger partial charge in [0.25, 0.3) is 0 Å². The Morgan fingerprint density at radius 2 is 0.873 bits per heavy atom. The molecule has 17 atom stereocenters. The van der Waals surface area contributed by atoms with E-state index in [4.69, 9.17) is 28.4 Å². The molecule has 3 saturated heterocycles. The van der Waals surface area contributed by atoms with Crippen LogP contribution in [0.3, 0.4) is 0 Å². The van der Waals surface area contributed by atoms with E-state index in [1.807, 2.05) is 0 Å². The molecule has 79 heavy (non-hydrogen) atoms. The van der Waals surface area contributed by atoms with E-state index in [0.29, 0.717) is 19.3 Å². The Hall–Kier alpha value is -3.29. The highest BCUT2D eigenvalue weighted by molar-refractivity contribution is 5.76. The molecule has 0 aliphatic carbocycles. The molecule has 12 N–H and O–H groups in total. The number of hydrogen-bond acceptors (Lipinski definition) is 18. The van der Waals surface area contributed by atoms with Crippen molar-refractivity contribution in [2.45, 2.75) is 247 Å². The van der Waals surface area contributed by atoms with Crippen molar-refractivity contribution in [1.82, 2.24) is 5.32 Å². The molecule has 0 bridgehead atoms. The predicted molar refractivity (Wildman–Crippen MR) is 300 cm³/mol. The topological polar surface area (TPSA) is 307 Å². The van der Waals surface area contributed by atoms with Gasteiger partial charge in [-0.3, -0.25) is 4.79 Å². The number of aliphatic hydroxyl groups excluding tert-OH is 11. The van der Waals surface area contributed by atoms with Crippen molar-refractivity contribution in [3.63, 3.8) is 0 Å². The second-order valence-electron chi connectivity index (χ2n) is 20.4. The molecule has 1 amide bonds. The highest BCUT2D eigenvalue weighted by Crippen LogP contribution is 2.33. The van der Waals surface area contributed by atoms with Gasteiger partial charge in [-0.25, -0.2) is 0 Å². The molecular weight excluding hydrogens is 1020 g/mol. The van der Waals surface area contributed by atoms with Crippen molar-refractivity contribution >= 4 is 5.91 Å². The summed E-state index contributed by atoms with van der Waals surface area (Å²) < 4.78 is 34.1. The molecule has 3 fully saturated rings. The van der Waals surface area contributed by atoms with E-state index in [0.717, 1.165) is 96.3 Å². The van der Waals surface area contributed by atoms with Gasteiger partial charge in [0.2, 0.25) is 5.91 Å². The van der Waals surface area contributed by atoms with Crippen LogP contribution in [-0.2, 0) is 33.2 Å². The third-order valence-electron chi connectivity index (χ3n) is 13.9. The first-order valence-electron chi connectivity index (χ1n) is 29.0. The summed E-state index contributed by atoms with van der Waals surface area (Å²) in [5.74, 6) is -0.296. The molecule has 3 heterocycles. The van der Waals surface area contributed by atoms with Gasteiger partial charge in [-0.05, 0) is 77.0 Å². The second-order valence-corrected chi connectivity index (χ2v) is 20.4. The Morgan fingerprint density at radius 3 is 1.34 bits per heavy atom. The predicted octanol–water partition coefficient (Wildman–Crippen LogP) is 4.59. The first kappa shape index (κ1) is 70.0. The molecule has 0 saturated carbocycles. The van der Waals surface area contributed by atoms with Crippen molar-refractivity contribution in [2.75, 3.05) is 26.4 Å². The first-order chi connectivity index (χ1) is 38.3. The number of carbonyl (C=O) groups excluding carboxylic acids is 1. The molecule has 19 nitrogen and oxygen atoms in total. The first-order valence-corrected chi connectivity index (χ1v) is 29.0. The Kier molecular flexibility index (Phi) is 37.7. The fourth-order valence-electron chi connectivity index (χ4n) is 9.15. The maximum Gasteiger partial charge on any atom is 0.220 e. The van der Waals surface area contributed by atoms with E-state index >= 15 is 0 Å². The minimum atomic E-state index is -1.98. The monoisotopic (exact) mass is 1120 g/mol. The molecule has 19 heteroatoms. The molecule has 0 aromatic heterocycles. The van der Waals surface area contributed by atoms with Crippen LogP contribution in [0.25, 0.3) is 0 Å². The maximum atomic E-state index is 13.2. The summed E-state index contributed by atoms with van der Waals surface area (Å²) in [7, 11) is 0. The zero-order valence-corrected chi connectivity index (χ0v) is 46.8. The quantitative estimate of drug-likeness (QED) is 0.0295. The number of ether oxygens (including phenoxy) is 6. The molecule has 3 aliphatic rings. The third-order valence-corrected chi connectivity index (χ3v) is 13.9. The molecule has 0 radical (unpaired) electrons. The lowest BCUT2D eigenvalue weighted by atomic mass is 9.96. The van der Waals surface area contributed by atoms with Gasteiger partial charge < -0.3 is 89.9 Å². The highest BCUT2D eigenvalue weighted by Gasteiger charge is 2.53.